The van der Waals surface area contributed by atoms with Crippen molar-refractivity contribution in [3.63, 3.8) is 0 Å². The summed E-state index contributed by atoms with van der Waals surface area (Å²) in [5.41, 5.74) is 12.9. The molecule has 7 aromatic rings. The van der Waals surface area contributed by atoms with Crippen molar-refractivity contribution in [2.24, 2.45) is 0 Å². The second-order valence-electron chi connectivity index (χ2n) is 17.7. The minimum atomic E-state index is -0.144. The molecule has 0 saturated heterocycles. The third-order valence-corrected chi connectivity index (χ3v) is 11.0. The zero-order valence-electron chi connectivity index (χ0n) is 33.2. The van der Waals surface area contributed by atoms with Crippen molar-refractivity contribution in [1.82, 2.24) is 4.57 Å². The summed E-state index contributed by atoms with van der Waals surface area (Å²) in [7, 11) is 0. The van der Waals surface area contributed by atoms with E-state index in [4.69, 9.17) is 23.2 Å². The second-order valence-corrected chi connectivity index (χ2v) is 18.5. The first kappa shape index (κ1) is 37.6. The molecule has 1 N–H and O–H groups in total. The van der Waals surface area contributed by atoms with Gasteiger partial charge in [-0.15, -0.1) is 0 Å². The average molecular weight is 753 g/mol. The van der Waals surface area contributed by atoms with Crippen LogP contribution in [0.2, 0.25) is 10.0 Å². The Hall–Kier alpha value is -4.70. The Morgan fingerprint density at radius 2 is 1.15 bits per heavy atom. The molecule has 276 valence electrons. The van der Waals surface area contributed by atoms with Gasteiger partial charge in [-0.25, -0.2) is 0 Å². The summed E-state index contributed by atoms with van der Waals surface area (Å²) < 4.78 is 2.32. The molecule has 0 atom stereocenters. The number of aromatic nitrogens is 1. The number of nitrogens with zero attached hydrogens (tertiary/aromatic N) is 2. The predicted octanol–water partition coefficient (Wildman–Crippen LogP) is 15.5. The van der Waals surface area contributed by atoms with E-state index < -0.39 is 0 Å². The number of benzene rings is 6. The maximum Gasteiger partial charge on any atom is 0.0881 e. The summed E-state index contributed by atoms with van der Waals surface area (Å²) in [5.74, 6) is 0. The molecule has 0 saturated carbocycles. The molecule has 54 heavy (non-hydrogen) atoms. The summed E-state index contributed by atoms with van der Waals surface area (Å²) >= 11 is 14.2. The Morgan fingerprint density at radius 3 is 1.76 bits per heavy atom. The van der Waals surface area contributed by atoms with E-state index in [2.05, 4.69) is 187 Å². The van der Waals surface area contributed by atoms with Crippen LogP contribution < -0.4 is 10.2 Å². The molecule has 3 nitrogen and oxygen atoms in total. The third kappa shape index (κ3) is 7.37. The lowest BCUT2D eigenvalue weighted by atomic mass is 9.86. The minimum absolute atomic E-state index is 0.0156. The Labute approximate surface area is 331 Å². The van der Waals surface area contributed by atoms with Crippen LogP contribution in [0.15, 0.2) is 121 Å². The predicted molar refractivity (Wildman–Crippen MR) is 236 cm³/mol. The molecule has 0 radical (unpaired) electrons. The number of hydrogen-bond donors (Lipinski definition) is 1. The standard InChI is InChI=1S/C49H51Cl2N3/c1-31-14-25-43-41(26-31)40-24-23-39(30-44(40)54(43)38-13-11-12-35(50)29-38)53(37-21-17-33(18-22-37)48(5,6)7)45-28-34(49(8,9)10)27-42(46(45)51)52-36-19-15-32(16-20-36)47(2,3)4/h11-30,52H,1-10H3. The van der Waals surface area contributed by atoms with Gasteiger partial charge in [-0.3, -0.25) is 0 Å². The van der Waals surface area contributed by atoms with Gasteiger partial charge in [0.15, 0.2) is 0 Å². The Morgan fingerprint density at radius 1 is 0.537 bits per heavy atom. The van der Waals surface area contributed by atoms with E-state index in [1.54, 1.807) is 0 Å². The van der Waals surface area contributed by atoms with Crippen LogP contribution in [0, 0.1) is 6.92 Å². The van der Waals surface area contributed by atoms with Crippen LogP contribution in [-0.2, 0) is 16.2 Å². The van der Waals surface area contributed by atoms with Crippen LogP contribution in [-0.4, -0.2) is 4.57 Å². The molecule has 0 unspecified atom stereocenters. The largest absolute Gasteiger partial charge is 0.354 e. The average Bonchev–Trinajstić information content (AvgIpc) is 3.42. The van der Waals surface area contributed by atoms with Crippen LogP contribution in [0.4, 0.5) is 28.4 Å². The molecule has 0 spiro atoms. The van der Waals surface area contributed by atoms with Crippen LogP contribution in [0.1, 0.15) is 84.6 Å². The quantitative estimate of drug-likeness (QED) is 0.183. The first-order chi connectivity index (χ1) is 25.4. The lowest BCUT2D eigenvalue weighted by Crippen LogP contribution is -2.16. The monoisotopic (exact) mass is 751 g/mol. The van der Waals surface area contributed by atoms with Crippen molar-refractivity contribution >= 4 is 73.4 Å². The van der Waals surface area contributed by atoms with Gasteiger partial charge in [-0.05, 0) is 119 Å². The summed E-state index contributed by atoms with van der Waals surface area (Å²) in [6.45, 7) is 22.4. The summed E-state index contributed by atoms with van der Waals surface area (Å²) in [6, 6.07) is 43.6. The number of fused-ring (bicyclic) bond motifs is 3. The van der Waals surface area contributed by atoms with E-state index in [0.29, 0.717) is 10.0 Å². The molecule has 1 heterocycles. The highest BCUT2D eigenvalue weighted by Crippen LogP contribution is 2.47. The lowest BCUT2D eigenvalue weighted by Gasteiger charge is -2.31. The summed E-state index contributed by atoms with van der Waals surface area (Å²) in [4.78, 5) is 2.31. The van der Waals surface area contributed by atoms with Gasteiger partial charge in [0.2, 0.25) is 0 Å². The SMILES string of the molecule is Cc1ccc2c(c1)c1ccc(N(c3ccc(C(C)(C)C)cc3)c3cc(C(C)(C)C)cc(Nc4ccc(C(C)(C)C)cc4)c3Cl)cc1n2-c1cccc(Cl)c1. The van der Waals surface area contributed by atoms with E-state index in [-0.39, 0.29) is 16.2 Å². The first-order valence-corrected chi connectivity index (χ1v) is 19.6. The fourth-order valence-corrected chi connectivity index (χ4v) is 7.62. The second kappa shape index (κ2) is 13.9. The highest BCUT2D eigenvalue weighted by atomic mass is 35.5. The Kier molecular flexibility index (Phi) is 9.65. The number of aryl methyl sites for hydroxylation is 1. The van der Waals surface area contributed by atoms with Gasteiger partial charge in [0.05, 0.1) is 27.4 Å². The molecule has 0 amide bonds. The number of halogens is 2. The maximum absolute atomic E-state index is 7.60. The van der Waals surface area contributed by atoms with Crippen LogP contribution in [0.25, 0.3) is 27.5 Å². The normalized spacial score (nSPS) is 12.4. The summed E-state index contributed by atoms with van der Waals surface area (Å²) in [6.07, 6.45) is 0. The van der Waals surface area contributed by atoms with Crippen molar-refractivity contribution in [2.45, 2.75) is 85.5 Å². The fourth-order valence-electron chi connectivity index (χ4n) is 7.20. The molecule has 0 fully saturated rings. The van der Waals surface area contributed by atoms with Crippen molar-refractivity contribution in [3.8, 4) is 5.69 Å². The molecule has 0 bridgehead atoms. The molecule has 6 aromatic carbocycles. The highest BCUT2D eigenvalue weighted by molar-refractivity contribution is 6.36. The van der Waals surface area contributed by atoms with Crippen LogP contribution >= 0.6 is 23.2 Å². The van der Waals surface area contributed by atoms with Gasteiger partial charge < -0.3 is 14.8 Å². The number of rotatable bonds is 6. The molecular weight excluding hydrogens is 701 g/mol. The maximum atomic E-state index is 7.60. The topological polar surface area (TPSA) is 20.2 Å². The zero-order valence-corrected chi connectivity index (χ0v) is 34.7. The van der Waals surface area contributed by atoms with E-state index >= 15 is 0 Å². The molecule has 7 rings (SSSR count). The van der Waals surface area contributed by atoms with Crippen LogP contribution in [0.3, 0.4) is 0 Å². The molecular formula is C49H51Cl2N3. The Balaban J connectivity index is 1.48. The van der Waals surface area contributed by atoms with Gasteiger partial charge in [0, 0.05) is 38.5 Å². The van der Waals surface area contributed by atoms with Crippen molar-refractivity contribution < 1.29 is 0 Å². The number of anilines is 5. The van der Waals surface area contributed by atoms with Gasteiger partial charge in [-0.2, -0.15) is 0 Å². The molecule has 0 aliphatic heterocycles. The first-order valence-electron chi connectivity index (χ1n) is 18.8. The van der Waals surface area contributed by atoms with Gasteiger partial charge in [-0.1, -0.05) is 134 Å². The minimum Gasteiger partial charge on any atom is -0.354 e. The molecule has 0 aliphatic rings. The van der Waals surface area contributed by atoms with Gasteiger partial charge >= 0.3 is 0 Å². The van der Waals surface area contributed by atoms with E-state index in [0.717, 1.165) is 45.2 Å². The van der Waals surface area contributed by atoms with Crippen LogP contribution in [0.5, 0.6) is 0 Å². The smallest absolute Gasteiger partial charge is 0.0881 e. The highest BCUT2D eigenvalue weighted by Gasteiger charge is 2.25. The molecule has 0 aliphatic carbocycles. The third-order valence-electron chi connectivity index (χ3n) is 10.4. The molecule has 1 aromatic heterocycles. The van der Waals surface area contributed by atoms with E-state index in [1.807, 2.05) is 18.2 Å². The van der Waals surface area contributed by atoms with E-state index in [9.17, 15) is 0 Å². The van der Waals surface area contributed by atoms with Gasteiger partial charge in [0.1, 0.15) is 0 Å². The van der Waals surface area contributed by atoms with Crippen molar-refractivity contribution in [2.75, 3.05) is 10.2 Å². The fraction of sp³-hybridized carbons (Fsp3) is 0.265. The molecule has 5 heteroatoms. The van der Waals surface area contributed by atoms with Gasteiger partial charge in [0.25, 0.3) is 0 Å². The van der Waals surface area contributed by atoms with E-state index in [1.165, 1.54) is 33.0 Å². The summed E-state index contributed by atoms with van der Waals surface area (Å²) in [5, 5.41) is 7.43. The number of hydrogen-bond acceptors (Lipinski definition) is 2. The Bertz CT molecular complexity index is 2490. The van der Waals surface area contributed by atoms with Crippen molar-refractivity contribution in [1.29, 1.82) is 0 Å². The number of nitrogens with one attached hydrogen (secondary N) is 1. The van der Waals surface area contributed by atoms with Crippen molar-refractivity contribution in [3.05, 3.63) is 154 Å². The lowest BCUT2D eigenvalue weighted by molar-refractivity contribution is 0.590. The zero-order chi connectivity index (χ0) is 38.7.